The van der Waals surface area contributed by atoms with Gasteiger partial charge in [-0.3, -0.25) is 34.6 Å². The maximum Gasteiger partial charge on any atom is 0.270 e. The Morgan fingerprint density at radius 1 is 0.512 bits per heavy atom. The Hall–Kier alpha value is -8.22. The number of non-ortho nitro benzene ring substituents is 2. The number of aliphatic hydroxyl groups is 1. The number of aromatic nitrogens is 7. The van der Waals surface area contributed by atoms with E-state index in [-0.39, 0.29) is 33.3 Å². The van der Waals surface area contributed by atoms with Crippen molar-refractivity contribution in [1.82, 2.24) is 48.3 Å². The molecule has 4 N–H and O–H groups in total. The molecule has 422 valence electrons. The quantitative estimate of drug-likeness (QED) is 0.0440. The second-order valence-corrected chi connectivity index (χ2v) is 19.4. The van der Waals surface area contributed by atoms with Crippen LogP contribution < -0.4 is 32.6 Å². The molecule has 0 spiro atoms. The van der Waals surface area contributed by atoms with Gasteiger partial charge in [-0.1, -0.05) is 6.07 Å². The molecule has 3 aliphatic rings. The molecule has 3 saturated heterocycles. The SMILES string of the molecule is CNc1ccnc(Cl)n1.CNc1ccnc(Nc2ccc3ccn(CCN4CCCC4)c(=O)c3c2)n1.CO.O=c1c2cc([N+](=O)[O-])ccc2ccn1CCN1CCCC1.O=c1c2cc([N+](=O)[O-])ccc2ccn1CCN1CCCC1. The van der Waals surface area contributed by atoms with Crippen LogP contribution in [0.5, 0.6) is 0 Å². The molecular weight excluding hydrogens is 1050 g/mol. The number of aliphatic hydroxyl groups excluding tert-OH is 1. The molecule has 0 radical (unpaired) electrons. The maximum atomic E-state index is 12.9. The molecule has 0 saturated carbocycles. The molecule has 0 atom stereocenters. The van der Waals surface area contributed by atoms with Gasteiger partial charge in [0.1, 0.15) is 11.6 Å². The van der Waals surface area contributed by atoms with Gasteiger partial charge in [0, 0.05) is 127 Å². The summed E-state index contributed by atoms with van der Waals surface area (Å²) in [6.45, 7) is 11.2. The lowest BCUT2D eigenvalue weighted by Crippen LogP contribution is -2.28. The number of likely N-dealkylation sites (tertiary alicyclic amines) is 3. The zero-order valence-electron chi connectivity index (χ0n) is 45.2. The van der Waals surface area contributed by atoms with E-state index >= 15 is 0 Å². The lowest BCUT2D eigenvalue weighted by Gasteiger charge is -2.15. The molecule has 3 fully saturated rings. The molecule has 3 aromatic carbocycles. The van der Waals surface area contributed by atoms with E-state index in [0.717, 1.165) is 106 Å². The molecule has 8 aromatic rings. The summed E-state index contributed by atoms with van der Waals surface area (Å²) in [5.74, 6) is 1.96. The third-order valence-electron chi connectivity index (χ3n) is 13.9. The average molecular weight is 1110 g/mol. The third-order valence-corrected chi connectivity index (χ3v) is 14.1. The van der Waals surface area contributed by atoms with Crippen LogP contribution in [0.25, 0.3) is 32.3 Å². The van der Waals surface area contributed by atoms with Crippen LogP contribution in [0.2, 0.25) is 5.28 Å². The highest BCUT2D eigenvalue weighted by molar-refractivity contribution is 6.28. The van der Waals surface area contributed by atoms with Gasteiger partial charge in [-0.05, 0) is 160 Å². The van der Waals surface area contributed by atoms with Crippen LogP contribution in [0, 0.1) is 20.2 Å². The molecule has 23 nitrogen and oxygen atoms in total. The van der Waals surface area contributed by atoms with E-state index < -0.39 is 9.85 Å². The molecule has 5 aromatic heterocycles. The van der Waals surface area contributed by atoms with Crippen molar-refractivity contribution < 1.29 is 15.0 Å². The number of nitrogens with one attached hydrogen (secondary N) is 3. The van der Waals surface area contributed by atoms with Crippen molar-refractivity contribution in [2.45, 2.75) is 58.2 Å². The number of hydrogen-bond donors (Lipinski definition) is 4. The van der Waals surface area contributed by atoms with E-state index in [1.165, 1.54) is 62.8 Å². The predicted molar refractivity (Wildman–Crippen MR) is 315 cm³/mol. The van der Waals surface area contributed by atoms with Gasteiger partial charge in [-0.25, -0.2) is 15.0 Å². The second-order valence-electron chi connectivity index (χ2n) is 19.0. The highest BCUT2D eigenvalue weighted by atomic mass is 35.5. The van der Waals surface area contributed by atoms with Gasteiger partial charge in [0.2, 0.25) is 11.2 Å². The standard InChI is InChI=1S/C20H24N6O.2C15H17N3O3.C5H6ClN3.CH4O/c1-21-18-6-8-22-20(24-18)23-16-5-4-15-7-11-26(19(27)17(15)14-16)13-12-25-9-2-3-10-25;2*19-15-14-11-13(18(20)21)4-3-12(14)5-8-17(15)10-9-16-6-1-2-7-16;1-7-4-2-3-8-5(6)9-4;1-2/h4-8,11,14H,2-3,9-10,12-13H2,1H3,(H2,21,22,23,24);2*3-5,8,11H,1-2,6-7,9-10H2;2-3H,1H3,(H,7,8,9);2H,1H3. The van der Waals surface area contributed by atoms with Gasteiger partial charge in [-0.2, -0.15) is 4.98 Å². The second kappa shape index (κ2) is 29.7. The predicted octanol–water partition coefficient (Wildman–Crippen LogP) is 7.46. The summed E-state index contributed by atoms with van der Waals surface area (Å²) in [4.78, 5) is 81.7. The van der Waals surface area contributed by atoms with Crippen molar-refractivity contribution >= 4 is 78.6 Å². The third kappa shape index (κ3) is 16.4. The number of nitrogens with zero attached hydrogens (tertiary/aromatic N) is 12. The van der Waals surface area contributed by atoms with Crippen LogP contribution in [-0.4, -0.2) is 143 Å². The Labute approximate surface area is 466 Å². The van der Waals surface area contributed by atoms with Crippen LogP contribution in [0.15, 0.2) is 130 Å². The van der Waals surface area contributed by atoms with Crippen LogP contribution >= 0.6 is 11.6 Å². The van der Waals surface area contributed by atoms with Crippen molar-refractivity contribution in [3.05, 3.63) is 172 Å². The van der Waals surface area contributed by atoms with Crippen molar-refractivity contribution in [2.75, 3.05) is 96.1 Å². The van der Waals surface area contributed by atoms with E-state index in [4.69, 9.17) is 16.7 Å². The Morgan fingerprint density at radius 3 is 1.26 bits per heavy atom. The average Bonchev–Trinajstić information content (AvgIpc) is 4.34. The van der Waals surface area contributed by atoms with Crippen LogP contribution in [0.4, 0.5) is 34.6 Å². The number of pyridine rings is 3. The van der Waals surface area contributed by atoms with Crippen LogP contribution in [-0.2, 0) is 19.6 Å². The lowest BCUT2D eigenvalue weighted by molar-refractivity contribution is -0.384. The largest absolute Gasteiger partial charge is 0.400 e. The zero-order valence-corrected chi connectivity index (χ0v) is 46.0. The molecule has 24 heteroatoms. The molecule has 0 bridgehead atoms. The number of nitro groups is 2. The minimum Gasteiger partial charge on any atom is -0.400 e. The van der Waals surface area contributed by atoms with Crippen LogP contribution in [0.1, 0.15) is 38.5 Å². The fourth-order valence-corrected chi connectivity index (χ4v) is 9.72. The molecule has 8 heterocycles. The minimum absolute atomic E-state index is 0.0419. The summed E-state index contributed by atoms with van der Waals surface area (Å²) in [7, 11) is 4.59. The van der Waals surface area contributed by atoms with E-state index in [0.29, 0.717) is 35.2 Å². The zero-order chi connectivity index (χ0) is 57.0. The van der Waals surface area contributed by atoms with E-state index in [1.807, 2.05) is 54.2 Å². The van der Waals surface area contributed by atoms with Crippen molar-refractivity contribution in [3.8, 4) is 0 Å². The number of hydrogen-bond acceptors (Lipinski definition) is 18. The van der Waals surface area contributed by atoms with E-state index in [1.54, 1.807) is 65.2 Å². The number of nitro benzene ring substituents is 2. The highest BCUT2D eigenvalue weighted by Gasteiger charge is 2.16. The fraction of sp³-hybridized carbons (Fsp3) is 0.375. The van der Waals surface area contributed by atoms with Gasteiger partial charge in [-0.15, -0.1) is 0 Å². The normalized spacial score (nSPS) is 14.2. The Kier molecular flexibility index (Phi) is 22.0. The van der Waals surface area contributed by atoms with Gasteiger partial charge in [0.25, 0.3) is 28.1 Å². The number of fused-ring (bicyclic) bond motifs is 3. The fourth-order valence-electron chi connectivity index (χ4n) is 9.58. The van der Waals surface area contributed by atoms with Gasteiger partial charge in [0.15, 0.2) is 0 Å². The summed E-state index contributed by atoms with van der Waals surface area (Å²) < 4.78 is 5.09. The van der Waals surface area contributed by atoms with E-state index in [2.05, 4.69) is 50.6 Å². The number of benzene rings is 3. The molecule has 0 aliphatic carbocycles. The Balaban J connectivity index is 0.000000160. The van der Waals surface area contributed by atoms with Gasteiger partial charge >= 0.3 is 0 Å². The molecule has 11 rings (SSSR count). The molecule has 3 aliphatic heterocycles. The van der Waals surface area contributed by atoms with Crippen molar-refractivity contribution in [1.29, 1.82) is 0 Å². The number of anilines is 4. The summed E-state index contributed by atoms with van der Waals surface area (Å²) in [5.41, 5.74) is 0.435. The van der Waals surface area contributed by atoms with Crippen molar-refractivity contribution in [2.24, 2.45) is 0 Å². The minimum atomic E-state index is -0.472. The molecule has 80 heavy (non-hydrogen) atoms. The summed E-state index contributed by atoms with van der Waals surface area (Å²) >= 11 is 5.46. The van der Waals surface area contributed by atoms with Crippen LogP contribution in [0.3, 0.4) is 0 Å². The maximum absolute atomic E-state index is 12.9. The highest BCUT2D eigenvalue weighted by Crippen LogP contribution is 2.22. The smallest absolute Gasteiger partial charge is 0.270 e. The first-order chi connectivity index (χ1) is 38.8. The molecular formula is C56H68ClN15O8. The topological polar surface area (TPSA) is 270 Å². The monoisotopic (exact) mass is 1110 g/mol. The Bertz CT molecular complexity index is 3410. The first kappa shape index (κ1) is 59.4. The first-order valence-corrected chi connectivity index (χ1v) is 27.0. The van der Waals surface area contributed by atoms with Gasteiger partial charge < -0.3 is 49.5 Å². The molecule has 0 unspecified atom stereocenters. The Morgan fingerprint density at radius 2 is 0.887 bits per heavy atom. The van der Waals surface area contributed by atoms with E-state index in [9.17, 15) is 34.6 Å². The molecule has 0 amide bonds. The number of halogens is 1. The van der Waals surface area contributed by atoms with Crippen molar-refractivity contribution in [3.63, 3.8) is 0 Å². The summed E-state index contributed by atoms with van der Waals surface area (Å²) in [6.07, 6.45) is 16.1. The summed E-state index contributed by atoms with van der Waals surface area (Å²) in [6, 6.07) is 23.8. The lowest BCUT2D eigenvalue weighted by atomic mass is 10.1. The summed E-state index contributed by atoms with van der Waals surface area (Å²) in [5, 5.41) is 41.9. The van der Waals surface area contributed by atoms with Gasteiger partial charge in [0.05, 0.1) is 20.6 Å². The number of rotatable bonds is 15. The first-order valence-electron chi connectivity index (χ1n) is 26.6.